The third-order valence-electron chi connectivity index (χ3n) is 3.63. The molecule has 0 aromatic heterocycles. The largest absolute Gasteiger partial charge is 0.129 e. The number of rotatable bonds is 0. The lowest BCUT2D eigenvalue weighted by Gasteiger charge is -2.24. The fraction of sp³-hybridized carbons (Fsp3) is 0.857. The van der Waals surface area contributed by atoms with Crippen molar-refractivity contribution in [2.45, 2.75) is 58.3 Å². The Hall–Kier alpha value is 0.440. The molecule has 0 saturated heterocycles. The number of hydrogen-bond acceptors (Lipinski definition) is 2. The Balaban J connectivity index is 2.04. The van der Waals surface area contributed by atoms with Gasteiger partial charge in [0.1, 0.15) is 0 Å². The smallest absolute Gasteiger partial charge is 0.00716 e. The molecule has 92 valence electrons. The summed E-state index contributed by atoms with van der Waals surface area (Å²) in [5, 5.41) is 0. The van der Waals surface area contributed by atoms with E-state index in [-0.39, 0.29) is 0 Å². The summed E-state index contributed by atoms with van der Waals surface area (Å²) in [5.41, 5.74) is 0. The average Bonchev–Trinajstić information content (AvgIpc) is 2.35. The van der Waals surface area contributed by atoms with Crippen molar-refractivity contribution in [3.8, 4) is 0 Å². The topological polar surface area (TPSA) is 0 Å². The Labute approximate surface area is 109 Å². The predicted molar refractivity (Wildman–Crippen MR) is 78.0 cm³/mol. The fourth-order valence-corrected chi connectivity index (χ4v) is 5.44. The molecule has 0 aromatic rings. The minimum atomic E-state index is 0.839. The summed E-state index contributed by atoms with van der Waals surface area (Å²) >= 11 is 4.31. The summed E-state index contributed by atoms with van der Waals surface area (Å²) < 4.78 is 0. The number of thioether (sulfide) groups is 2. The summed E-state index contributed by atoms with van der Waals surface area (Å²) in [7, 11) is 0. The van der Waals surface area contributed by atoms with Crippen LogP contribution in [0.5, 0.6) is 0 Å². The highest BCUT2D eigenvalue weighted by Crippen LogP contribution is 2.42. The van der Waals surface area contributed by atoms with E-state index in [9.17, 15) is 0 Å². The van der Waals surface area contributed by atoms with Crippen LogP contribution in [-0.4, -0.2) is 11.5 Å². The predicted octanol–water partition coefficient (Wildman–Crippen LogP) is 5.45. The molecule has 0 radical (unpaired) electrons. The van der Waals surface area contributed by atoms with E-state index in [1.54, 1.807) is 9.81 Å². The zero-order valence-corrected chi connectivity index (χ0v) is 12.1. The lowest BCUT2D eigenvalue weighted by atomic mass is 10.0. The van der Waals surface area contributed by atoms with Crippen LogP contribution in [0.25, 0.3) is 0 Å². The number of allylic oxidation sites excluding steroid dienone is 2. The van der Waals surface area contributed by atoms with Gasteiger partial charge in [-0.2, -0.15) is 0 Å². The molecular formula is C14H24S2. The Kier molecular flexibility index (Phi) is 5.64. The van der Waals surface area contributed by atoms with E-state index >= 15 is 0 Å². The normalized spacial score (nSPS) is 29.4. The molecule has 1 heterocycles. The Morgan fingerprint density at radius 3 is 2.44 bits per heavy atom. The summed E-state index contributed by atoms with van der Waals surface area (Å²) in [5.74, 6) is 3.52. The molecule has 2 aliphatic rings. The maximum absolute atomic E-state index is 2.45. The second kappa shape index (κ2) is 7.00. The number of hydrogen-bond donors (Lipinski definition) is 0. The Bertz CT molecular complexity index is 245. The summed E-state index contributed by atoms with van der Waals surface area (Å²) in [6.45, 7) is 2.45. The van der Waals surface area contributed by atoms with Crippen LogP contribution in [0.1, 0.15) is 58.3 Å². The lowest BCUT2D eigenvalue weighted by Crippen LogP contribution is -2.05. The van der Waals surface area contributed by atoms with Gasteiger partial charge in [0.05, 0.1) is 0 Å². The first-order valence-electron chi connectivity index (χ1n) is 6.86. The van der Waals surface area contributed by atoms with Crippen LogP contribution < -0.4 is 0 Å². The third kappa shape index (κ3) is 3.73. The van der Waals surface area contributed by atoms with Gasteiger partial charge >= 0.3 is 0 Å². The van der Waals surface area contributed by atoms with Crippen molar-refractivity contribution in [3.05, 3.63) is 9.81 Å². The standard InChI is InChI=1S/C14H24S2/c1-12-8-6-4-2-3-5-7-9-13-14(12)16-11-10-15-13/h12H,2-11H2,1H3. The summed E-state index contributed by atoms with van der Waals surface area (Å²) in [6, 6.07) is 0. The Morgan fingerprint density at radius 1 is 0.875 bits per heavy atom. The van der Waals surface area contributed by atoms with Gasteiger partial charge in [-0.05, 0) is 35.0 Å². The van der Waals surface area contributed by atoms with Gasteiger partial charge in [0.2, 0.25) is 0 Å². The van der Waals surface area contributed by atoms with Gasteiger partial charge in [-0.3, -0.25) is 0 Å². The van der Waals surface area contributed by atoms with E-state index in [2.05, 4.69) is 30.4 Å². The van der Waals surface area contributed by atoms with Gasteiger partial charge in [-0.15, -0.1) is 23.5 Å². The first-order chi connectivity index (χ1) is 7.88. The molecule has 0 spiro atoms. The zero-order chi connectivity index (χ0) is 11.2. The zero-order valence-electron chi connectivity index (χ0n) is 10.5. The van der Waals surface area contributed by atoms with Gasteiger partial charge in [0.25, 0.3) is 0 Å². The molecule has 0 N–H and O–H groups in total. The van der Waals surface area contributed by atoms with Crippen LogP contribution >= 0.6 is 23.5 Å². The van der Waals surface area contributed by atoms with Crippen LogP contribution in [0.4, 0.5) is 0 Å². The van der Waals surface area contributed by atoms with Gasteiger partial charge in [0.15, 0.2) is 0 Å². The molecule has 2 rings (SSSR count). The fourth-order valence-electron chi connectivity index (χ4n) is 2.65. The minimum absolute atomic E-state index is 0.839. The van der Waals surface area contributed by atoms with Crippen LogP contribution in [0.15, 0.2) is 9.81 Å². The first kappa shape index (κ1) is 12.9. The molecule has 2 heteroatoms. The van der Waals surface area contributed by atoms with Crippen LogP contribution in [0, 0.1) is 5.92 Å². The van der Waals surface area contributed by atoms with Gasteiger partial charge in [0, 0.05) is 11.5 Å². The van der Waals surface area contributed by atoms with Crippen molar-refractivity contribution in [1.29, 1.82) is 0 Å². The van der Waals surface area contributed by atoms with E-state index in [4.69, 9.17) is 0 Å². The van der Waals surface area contributed by atoms with E-state index in [0.29, 0.717) is 0 Å². The highest BCUT2D eigenvalue weighted by molar-refractivity contribution is 8.10. The molecule has 0 amide bonds. The molecule has 0 bridgehead atoms. The monoisotopic (exact) mass is 256 g/mol. The van der Waals surface area contributed by atoms with Crippen LogP contribution in [-0.2, 0) is 0 Å². The molecule has 0 saturated carbocycles. The van der Waals surface area contributed by atoms with Crippen LogP contribution in [0.3, 0.4) is 0 Å². The van der Waals surface area contributed by atoms with Crippen molar-refractivity contribution < 1.29 is 0 Å². The van der Waals surface area contributed by atoms with E-state index < -0.39 is 0 Å². The molecule has 1 unspecified atom stereocenters. The third-order valence-corrected chi connectivity index (χ3v) is 6.57. The molecule has 0 aromatic carbocycles. The first-order valence-corrected chi connectivity index (χ1v) is 8.83. The van der Waals surface area contributed by atoms with E-state index in [1.807, 2.05) is 0 Å². The highest BCUT2D eigenvalue weighted by Gasteiger charge is 2.19. The minimum Gasteiger partial charge on any atom is -0.129 e. The quantitative estimate of drug-likeness (QED) is 0.565. The molecule has 1 aliphatic heterocycles. The maximum atomic E-state index is 2.45. The average molecular weight is 256 g/mol. The van der Waals surface area contributed by atoms with Crippen molar-refractivity contribution in [1.82, 2.24) is 0 Å². The lowest BCUT2D eigenvalue weighted by molar-refractivity contribution is 0.543. The van der Waals surface area contributed by atoms with Crippen molar-refractivity contribution >= 4 is 23.5 Å². The molecule has 1 atom stereocenters. The molecule has 16 heavy (non-hydrogen) atoms. The Morgan fingerprint density at radius 2 is 1.56 bits per heavy atom. The van der Waals surface area contributed by atoms with Crippen LogP contribution in [0.2, 0.25) is 0 Å². The maximum Gasteiger partial charge on any atom is 0.00716 e. The van der Waals surface area contributed by atoms with Gasteiger partial charge in [-0.25, -0.2) is 0 Å². The second-order valence-corrected chi connectivity index (χ2v) is 7.37. The molecule has 1 aliphatic carbocycles. The highest BCUT2D eigenvalue weighted by atomic mass is 32.2. The summed E-state index contributed by atoms with van der Waals surface area (Å²) in [4.78, 5) is 3.52. The van der Waals surface area contributed by atoms with E-state index in [0.717, 1.165) is 5.92 Å². The molecule has 0 nitrogen and oxygen atoms in total. The van der Waals surface area contributed by atoms with Crippen molar-refractivity contribution in [3.63, 3.8) is 0 Å². The van der Waals surface area contributed by atoms with Crippen molar-refractivity contribution in [2.24, 2.45) is 5.92 Å². The van der Waals surface area contributed by atoms with Gasteiger partial charge < -0.3 is 0 Å². The van der Waals surface area contributed by atoms with Crippen molar-refractivity contribution in [2.75, 3.05) is 11.5 Å². The van der Waals surface area contributed by atoms with E-state index in [1.165, 1.54) is 62.9 Å². The SMILES string of the molecule is CC1CCCCCCCCC2=C1SCCS2. The second-order valence-electron chi connectivity index (χ2n) is 5.05. The van der Waals surface area contributed by atoms with Gasteiger partial charge in [-0.1, -0.05) is 39.0 Å². The molecular weight excluding hydrogens is 232 g/mol. The summed E-state index contributed by atoms with van der Waals surface area (Å²) in [6.07, 6.45) is 11.5. The molecule has 0 fully saturated rings.